The summed E-state index contributed by atoms with van der Waals surface area (Å²) in [5, 5.41) is 5.36. The van der Waals surface area contributed by atoms with E-state index in [1.807, 2.05) is 42.5 Å². The number of carbonyl (C=O) groups excluding carboxylic acids is 2. The van der Waals surface area contributed by atoms with Gasteiger partial charge in [-0.15, -0.1) is 0 Å². The fraction of sp³-hybridized carbons (Fsp3) is 0.238. The van der Waals surface area contributed by atoms with Crippen LogP contribution in [-0.2, 0) is 16.0 Å². The first-order valence-electron chi connectivity index (χ1n) is 8.69. The predicted octanol–water partition coefficient (Wildman–Crippen LogP) is 2.96. The molecule has 0 spiro atoms. The van der Waals surface area contributed by atoms with Gasteiger partial charge in [0.25, 0.3) is 0 Å². The first kappa shape index (κ1) is 18.5. The number of benzene rings is 2. The van der Waals surface area contributed by atoms with Gasteiger partial charge in [-0.2, -0.15) is 0 Å². The lowest BCUT2D eigenvalue weighted by Gasteiger charge is -2.33. The van der Waals surface area contributed by atoms with Crippen LogP contribution in [0.2, 0.25) is 0 Å². The Kier molecular flexibility index (Phi) is 5.76. The van der Waals surface area contributed by atoms with Crippen molar-refractivity contribution in [1.82, 2.24) is 10.6 Å². The highest BCUT2D eigenvalue weighted by atomic mass is 16.5. The molecule has 0 radical (unpaired) electrons. The van der Waals surface area contributed by atoms with Crippen LogP contribution in [0.15, 0.2) is 66.9 Å². The van der Waals surface area contributed by atoms with Crippen molar-refractivity contribution in [2.75, 3.05) is 13.7 Å². The summed E-state index contributed by atoms with van der Waals surface area (Å²) in [6.07, 6.45) is 0.620. The minimum absolute atomic E-state index is 0.255. The van der Waals surface area contributed by atoms with E-state index >= 15 is 0 Å². The largest absolute Gasteiger partial charge is 0.497 e. The number of hydrogen-bond acceptors (Lipinski definition) is 4. The molecule has 2 N–H and O–H groups in total. The Labute approximate surface area is 158 Å². The Morgan fingerprint density at radius 3 is 2.67 bits per heavy atom. The average Bonchev–Trinajstić information content (AvgIpc) is 2.68. The van der Waals surface area contributed by atoms with E-state index in [4.69, 9.17) is 9.47 Å². The summed E-state index contributed by atoms with van der Waals surface area (Å²) in [5.41, 5.74) is 2.15. The van der Waals surface area contributed by atoms with E-state index in [-0.39, 0.29) is 6.61 Å². The Morgan fingerprint density at radius 1 is 1.15 bits per heavy atom. The highest BCUT2D eigenvalue weighted by Crippen LogP contribution is 2.32. The first-order valence-corrected chi connectivity index (χ1v) is 8.69. The van der Waals surface area contributed by atoms with Gasteiger partial charge in [-0.05, 0) is 23.3 Å². The van der Waals surface area contributed by atoms with Crippen molar-refractivity contribution >= 4 is 12.0 Å². The standard InChI is InChI=1S/C21H22N2O4/c1-14-18(20(24)27-12-11-15-7-4-3-5-8-15)19(23-21(25)22-14)16-9-6-10-17(13-16)26-2/h3-10,13,18-19H,1,11-12H2,2H3,(H2,22,23,25). The molecule has 0 aromatic heterocycles. The molecule has 2 aromatic carbocycles. The van der Waals surface area contributed by atoms with Gasteiger partial charge in [0, 0.05) is 12.1 Å². The zero-order chi connectivity index (χ0) is 19.2. The number of hydrogen-bond donors (Lipinski definition) is 2. The van der Waals surface area contributed by atoms with Gasteiger partial charge in [0.05, 0.1) is 19.8 Å². The third kappa shape index (κ3) is 4.47. The molecule has 1 aliphatic rings. The highest BCUT2D eigenvalue weighted by Gasteiger charge is 2.39. The number of carbonyl (C=O) groups is 2. The van der Waals surface area contributed by atoms with Crippen LogP contribution in [0.4, 0.5) is 4.79 Å². The van der Waals surface area contributed by atoms with Gasteiger partial charge in [0.15, 0.2) is 0 Å². The van der Waals surface area contributed by atoms with E-state index in [0.717, 1.165) is 11.1 Å². The summed E-state index contributed by atoms with van der Waals surface area (Å²) in [5.74, 6) is -0.524. The van der Waals surface area contributed by atoms with E-state index in [2.05, 4.69) is 17.2 Å². The number of methoxy groups -OCH3 is 1. The topological polar surface area (TPSA) is 76.7 Å². The molecule has 1 heterocycles. The normalized spacial score (nSPS) is 19.0. The fourth-order valence-electron chi connectivity index (χ4n) is 3.08. The molecule has 6 heteroatoms. The maximum absolute atomic E-state index is 12.7. The van der Waals surface area contributed by atoms with Gasteiger partial charge in [-0.25, -0.2) is 4.79 Å². The molecular formula is C21H22N2O4. The van der Waals surface area contributed by atoms with E-state index < -0.39 is 24.0 Å². The van der Waals surface area contributed by atoms with Crippen LogP contribution in [0.3, 0.4) is 0 Å². The van der Waals surface area contributed by atoms with E-state index in [0.29, 0.717) is 17.9 Å². The Bertz CT molecular complexity index is 835. The molecular weight excluding hydrogens is 344 g/mol. The Morgan fingerprint density at radius 2 is 1.93 bits per heavy atom. The average molecular weight is 366 g/mol. The van der Waals surface area contributed by atoms with Crippen LogP contribution in [0, 0.1) is 5.92 Å². The van der Waals surface area contributed by atoms with Gasteiger partial charge in [0.2, 0.25) is 0 Å². The summed E-state index contributed by atoms with van der Waals surface area (Å²) >= 11 is 0. The van der Waals surface area contributed by atoms with Gasteiger partial charge >= 0.3 is 12.0 Å². The first-order chi connectivity index (χ1) is 13.1. The van der Waals surface area contributed by atoms with Crippen molar-refractivity contribution in [3.63, 3.8) is 0 Å². The lowest BCUT2D eigenvalue weighted by atomic mass is 9.89. The Hall–Kier alpha value is -3.28. The minimum atomic E-state index is -0.731. The van der Waals surface area contributed by atoms with Crippen LogP contribution in [0.5, 0.6) is 5.75 Å². The van der Waals surface area contributed by atoms with E-state index in [1.165, 1.54) is 0 Å². The van der Waals surface area contributed by atoms with Gasteiger partial charge in [0.1, 0.15) is 11.7 Å². The van der Waals surface area contributed by atoms with Crippen LogP contribution < -0.4 is 15.4 Å². The summed E-state index contributed by atoms with van der Waals surface area (Å²) in [4.78, 5) is 24.7. The second-order valence-corrected chi connectivity index (χ2v) is 6.26. The van der Waals surface area contributed by atoms with Gasteiger partial charge < -0.3 is 20.1 Å². The molecule has 1 saturated heterocycles. The lowest BCUT2D eigenvalue weighted by molar-refractivity contribution is -0.148. The fourth-order valence-corrected chi connectivity index (χ4v) is 3.08. The molecule has 2 atom stereocenters. The number of ether oxygens (including phenoxy) is 2. The van der Waals surface area contributed by atoms with Crippen molar-refractivity contribution in [2.24, 2.45) is 5.92 Å². The number of urea groups is 1. The molecule has 3 rings (SSSR count). The van der Waals surface area contributed by atoms with Crippen LogP contribution in [0.25, 0.3) is 0 Å². The second-order valence-electron chi connectivity index (χ2n) is 6.26. The molecule has 140 valence electrons. The molecule has 0 bridgehead atoms. The third-order valence-corrected chi connectivity index (χ3v) is 4.45. The monoisotopic (exact) mass is 366 g/mol. The number of rotatable bonds is 6. The summed E-state index contributed by atoms with van der Waals surface area (Å²) in [6, 6.07) is 16.0. The van der Waals surface area contributed by atoms with E-state index in [9.17, 15) is 9.59 Å². The van der Waals surface area contributed by atoms with Crippen molar-refractivity contribution in [1.29, 1.82) is 0 Å². The minimum Gasteiger partial charge on any atom is -0.497 e. The molecule has 0 saturated carbocycles. The molecule has 2 aromatic rings. The molecule has 1 aliphatic heterocycles. The molecule has 2 unspecified atom stereocenters. The predicted molar refractivity (Wildman–Crippen MR) is 101 cm³/mol. The van der Waals surface area contributed by atoms with Crippen molar-refractivity contribution in [3.8, 4) is 5.75 Å². The summed E-state index contributed by atoms with van der Waals surface area (Å²) in [6.45, 7) is 4.10. The SMILES string of the molecule is C=C1NC(=O)NC(c2cccc(OC)c2)C1C(=O)OCCc1ccccc1. The molecule has 27 heavy (non-hydrogen) atoms. The van der Waals surface area contributed by atoms with Crippen molar-refractivity contribution < 1.29 is 19.1 Å². The molecule has 0 aliphatic carbocycles. The zero-order valence-corrected chi connectivity index (χ0v) is 15.1. The maximum Gasteiger partial charge on any atom is 0.319 e. The van der Waals surface area contributed by atoms with Gasteiger partial charge in [-0.3, -0.25) is 4.79 Å². The molecule has 1 fully saturated rings. The van der Waals surface area contributed by atoms with Crippen LogP contribution >= 0.6 is 0 Å². The van der Waals surface area contributed by atoms with Gasteiger partial charge in [-0.1, -0.05) is 49.0 Å². The van der Waals surface area contributed by atoms with E-state index in [1.54, 1.807) is 19.2 Å². The Balaban J connectivity index is 1.73. The van der Waals surface area contributed by atoms with Crippen LogP contribution in [-0.4, -0.2) is 25.7 Å². The van der Waals surface area contributed by atoms with Crippen molar-refractivity contribution in [2.45, 2.75) is 12.5 Å². The summed E-state index contributed by atoms with van der Waals surface area (Å²) < 4.78 is 10.7. The number of esters is 1. The van der Waals surface area contributed by atoms with Crippen molar-refractivity contribution in [3.05, 3.63) is 78.0 Å². The number of nitrogens with one attached hydrogen (secondary N) is 2. The molecule has 6 nitrogen and oxygen atoms in total. The highest BCUT2D eigenvalue weighted by molar-refractivity contribution is 5.85. The summed E-state index contributed by atoms with van der Waals surface area (Å²) in [7, 11) is 1.56. The molecule has 2 amide bonds. The van der Waals surface area contributed by atoms with Crippen LogP contribution in [0.1, 0.15) is 17.2 Å². The smallest absolute Gasteiger partial charge is 0.319 e. The second kappa shape index (κ2) is 8.40. The number of amides is 2. The zero-order valence-electron chi connectivity index (χ0n) is 15.1. The third-order valence-electron chi connectivity index (χ3n) is 4.45. The quantitative estimate of drug-likeness (QED) is 0.771. The lowest BCUT2D eigenvalue weighted by Crippen LogP contribution is -2.51. The maximum atomic E-state index is 12.7.